The van der Waals surface area contributed by atoms with Crippen molar-refractivity contribution in [2.24, 2.45) is 11.3 Å². The Bertz CT molecular complexity index is 495. The fourth-order valence-electron chi connectivity index (χ4n) is 2.84. The van der Waals surface area contributed by atoms with Crippen LogP contribution in [0.5, 0.6) is 0 Å². The van der Waals surface area contributed by atoms with Crippen LogP contribution in [0.4, 0.5) is 0 Å². The molecule has 0 radical (unpaired) electrons. The Balaban J connectivity index is 2.98. The van der Waals surface area contributed by atoms with Crippen LogP contribution in [0.3, 0.4) is 0 Å². The van der Waals surface area contributed by atoms with Crippen LogP contribution in [0.15, 0.2) is 0 Å². The minimum absolute atomic E-state index is 0.0327. The molecule has 7 nitrogen and oxygen atoms in total. The van der Waals surface area contributed by atoms with Gasteiger partial charge >= 0.3 is 17.9 Å². The lowest BCUT2D eigenvalue weighted by Crippen LogP contribution is -2.51. The quantitative estimate of drug-likeness (QED) is 0.501. The molecule has 1 aliphatic carbocycles. The molecule has 1 fully saturated rings. The average Bonchev–Trinajstić information content (AvgIpc) is 2.51. The van der Waals surface area contributed by atoms with Gasteiger partial charge in [-0.25, -0.2) is 0 Å². The highest BCUT2D eigenvalue weighted by Gasteiger charge is 2.44. The van der Waals surface area contributed by atoms with Crippen LogP contribution in [0.2, 0.25) is 0 Å². The number of esters is 3. The second-order valence-corrected chi connectivity index (χ2v) is 7.82. The van der Waals surface area contributed by atoms with Gasteiger partial charge in [0.05, 0.1) is 18.1 Å². The molecular formula is C19H32O7. The van der Waals surface area contributed by atoms with E-state index < -0.39 is 29.7 Å². The van der Waals surface area contributed by atoms with Crippen LogP contribution >= 0.6 is 0 Å². The van der Waals surface area contributed by atoms with Crippen LogP contribution in [0.25, 0.3) is 0 Å². The zero-order chi connectivity index (χ0) is 19.9. The molecule has 0 saturated heterocycles. The highest BCUT2D eigenvalue weighted by Crippen LogP contribution is 2.33. The van der Waals surface area contributed by atoms with E-state index in [1.165, 1.54) is 13.8 Å². The van der Waals surface area contributed by atoms with Gasteiger partial charge in [0.25, 0.3) is 0 Å². The molecule has 0 amide bonds. The van der Waals surface area contributed by atoms with E-state index in [1.807, 2.05) is 6.92 Å². The van der Waals surface area contributed by atoms with Crippen LogP contribution in [-0.4, -0.2) is 49.4 Å². The van der Waals surface area contributed by atoms with Gasteiger partial charge in [0.2, 0.25) is 0 Å². The Morgan fingerprint density at radius 2 is 1.58 bits per heavy atom. The van der Waals surface area contributed by atoms with Crippen molar-refractivity contribution in [3.05, 3.63) is 0 Å². The minimum Gasteiger partial charge on any atom is -0.466 e. The standard InChI is InChI=1S/C19H32O7/c1-7-8-23-15-9-14(11-24-12(2)20)10-16(25-13(3)21)17(15)26-18(22)19(4,5)6/h14-17H,7-11H2,1-6H3/t14-,15-,16-,17-/m0/s1. The van der Waals surface area contributed by atoms with Crippen molar-refractivity contribution in [1.82, 2.24) is 0 Å². The number of rotatable bonds is 7. The summed E-state index contributed by atoms with van der Waals surface area (Å²) in [5, 5.41) is 0. The lowest BCUT2D eigenvalue weighted by atomic mass is 9.83. The van der Waals surface area contributed by atoms with E-state index in [0.29, 0.717) is 19.4 Å². The van der Waals surface area contributed by atoms with Gasteiger partial charge in [-0.2, -0.15) is 0 Å². The molecule has 1 rings (SSSR count). The molecule has 150 valence electrons. The van der Waals surface area contributed by atoms with Crippen LogP contribution in [-0.2, 0) is 33.3 Å². The summed E-state index contributed by atoms with van der Waals surface area (Å²) < 4.78 is 22.1. The topological polar surface area (TPSA) is 88.1 Å². The molecule has 0 aromatic rings. The fourth-order valence-corrected chi connectivity index (χ4v) is 2.84. The molecule has 0 aromatic heterocycles. The number of hydrogen-bond donors (Lipinski definition) is 0. The van der Waals surface area contributed by atoms with Gasteiger partial charge in [-0.05, 0) is 46.0 Å². The zero-order valence-electron chi connectivity index (χ0n) is 16.7. The molecule has 26 heavy (non-hydrogen) atoms. The first-order valence-corrected chi connectivity index (χ1v) is 9.17. The lowest BCUT2D eigenvalue weighted by molar-refractivity contribution is -0.198. The van der Waals surface area contributed by atoms with Gasteiger partial charge in [0.1, 0.15) is 6.10 Å². The zero-order valence-corrected chi connectivity index (χ0v) is 16.7. The minimum atomic E-state index is -0.676. The molecule has 0 heterocycles. The number of hydrogen-bond acceptors (Lipinski definition) is 7. The Hall–Kier alpha value is -1.63. The summed E-state index contributed by atoms with van der Waals surface area (Å²) in [5.74, 6) is -1.21. The Morgan fingerprint density at radius 1 is 0.962 bits per heavy atom. The van der Waals surface area contributed by atoms with Crippen molar-refractivity contribution in [2.45, 2.75) is 79.1 Å². The maximum atomic E-state index is 12.4. The van der Waals surface area contributed by atoms with Gasteiger partial charge in [-0.15, -0.1) is 0 Å². The van der Waals surface area contributed by atoms with E-state index in [2.05, 4.69) is 0 Å². The number of ether oxygens (including phenoxy) is 4. The van der Waals surface area contributed by atoms with Crippen molar-refractivity contribution in [3.8, 4) is 0 Å². The summed E-state index contributed by atoms with van der Waals surface area (Å²) in [6.07, 6.45) is 0.0952. The van der Waals surface area contributed by atoms with E-state index in [0.717, 1.165) is 6.42 Å². The third-order valence-electron chi connectivity index (χ3n) is 4.10. The predicted molar refractivity (Wildman–Crippen MR) is 94.3 cm³/mol. The van der Waals surface area contributed by atoms with Crippen molar-refractivity contribution in [2.75, 3.05) is 13.2 Å². The van der Waals surface area contributed by atoms with Crippen LogP contribution < -0.4 is 0 Å². The molecule has 1 saturated carbocycles. The Labute approximate surface area is 155 Å². The first-order valence-electron chi connectivity index (χ1n) is 9.17. The van der Waals surface area contributed by atoms with Crippen LogP contribution in [0.1, 0.15) is 60.8 Å². The summed E-state index contributed by atoms with van der Waals surface area (Å²) in [7, 11) is 0. The summed E-state index contributed by atoms with van der Waals surface area (Å²) in [6, 6.07) is 0. The van der Waals surface area contributed by atoms with Gasteiger partial charge in [-0.3, -0.25) is 14.4 Å². The summed E-state index contributed by atoms with van der Waals surface area (Å²) in [4.78, 5) is 35.0. The normalized spacial score (nSPS) is 26.1. The molecule has 0 aliphatic heterocycles. The van der Waals surface area contributed by atoms with E-state index >= 15 is 0 Å². The van der Waals surface area contributed by atoms with Crippen LogP contribution in [0, 0.1) is 11.3 Å². The molecule has 0 unspecified atom stereocenters. The Morgan fingerprint density at radius 3 is 2.08 bits per heavy atom. The Kier molecular flexibility index (Phi) is 8.53. The van der Waals surface area contributed by atoms with Crippen molar-refractivity contribution in [1.29, 1.82) is 0 Å². The van der Waals surface area contributed by atoms with E-state index in [1.54, 1.807) is 20.8 Å². The molecule has 0 spiro atoms. The summed E-state index contributed by atoms with van der Waals surface area (Å²) in [5.41, 5.74) is -0.676. The second-order valence-electron chi connectivity index (χ2n) is 7.82. The largest absolute Gasteiger partial charge is 0.466 e. The van der Waals surface area contributed by atoms with Crippen molar-refractivity contribution in [3.63, 3.8) is 0 Å². The molecule has 0 aromatic carbocycles. The molecule has 0 bridgehead atoms. The van der Waals surface area contributed by atoms with E-state index in [9.17, 15) is 14.4 Å². The fraction of sp³-hybridized carbons (Fsp3) is 0.842. The first-order chi connectivity index (χ1) is 12.0. The van der Waals surface area contributed by atoms with Gasteiger partial charge in [0.15, 0.2) is 6.10 Å². The van der Waals surface area contributed by atoms with Gasteiger partial charge in [-0.1, -0.05) is 6.92 Å². The van der Waals surface area contributed by atoms with E-state index in [4.69, 9.17) is 18.9 Å². The van der Waals surface area contributed by atoms with Crippen molar-refractivity contribution < 1.29 is 33.3 Å². The van der Waals surface area contributed by atoms with Gasteiger partial charge in [0, 0.05) is 20.5 Å². The molecule has 7 heteroatoms. The van der Waals surface area contributed by atoms with Crippen molar-refractivity contribution >= 4 is 17.9 Å². The molecule has 4 atom stereocenters. The van der Waals surface area contributed by atoms with E-state index in [-0.39, 0.29) is 24.5 Å². The lowest BCUT2D eigenvalue weighted by Gasteiger charge is -2.40. The molecular weight excluding hydrogens is 340 g/mol. The highest BCUT2D eigenvalue weighted by atomic mass is 16.6. The third-order valence-corrected chi connectivity index (χ3v) is 4.10. The molecule has 0 N–H and O–H groups in total. The molecule has 1 aliphatic rings. The number of carbonyl (C=O) groups is 3. The SMILES string of the molecule is CCCO[C@H]1C[C@H](COC(C)=O)C[C@H](OC(C)=O)[C@H]1OC(=O)C(C)(C)C. The highest BCUT2D eigenvalue weighted by molar-refractivity contribution is 5.75. The monoisotopic (exact) mass is 372 g/mol. The first kappa shape index (κ1) is 22.4. The average molecular weight is 372 g/mol. The van der Waals surface area contributed by atoms with Gasteiger partial charge < -0.3 is 18.9 Å². The number of carbonyl (C=O) groups excluding carboxylic acids is 3. The summed E-state index contributed by atoms with van der Waals surface area (Å²) >= 11 is 0. The maximum absolute atomic E-state index is 12.4. The summed E-state index contributed by atoms with van der Waals surface area (Å²) in [6.45, 7) is 10.7. The smallest absolute Gasteiger partial charge is 0.311 e. The predicted octanol–water partition coefficient (Wildman–Crippen LogP) is 2.64. The third kappa shape index (κ3) is 7.32. The maximum Gasteiger partial charge on any atom is 0.311 e. The second kappa shape index (κ2) is 9.90.